The maximum Gasteiger partial charge on any atom is 0.330 e. The summed E-state index contributed by atoms with van der Waals surface area (Å²) in [5.74, 6) is -0.524. The monoisotopic (exact) mass is 232 g/mol. The lowest BCUT2D eigenvalue weighted by molar-refractivity contribution is -0.419. The molecular formula is C11H20O5. The van der Waals surface area contributed by atoms with Gasteiger partial charge in [0.15, 0.2) is 0 Å². The predicted octanol–water partition coefficient (Wildman–Crippen LogP) is 1.82. The highest BCUT2D eigenvalue weighted by Crippen LogP contribution is 2.10. The van der Waals surface area contributed by atoms with E-state index < -0.39 is 17.9 Å². The van der Waals surface area contributed by atoms with Gasteiger partial charge in [-0.25, -0.2) is 14.6 Å². The highest BCUT2D eigenvalue weighted by Gasteiger charge is 2.18. The quantitative estimate of drug-likeness (QED) is 0.220. The Labute approximate surface area is 96.2 Å². The fourth-order valence-corrected chi connectivity index (χ4v) is 0.697. The van der Waals surface area contributed by atoms with Crippen molar-refractivity contribution < 1.29 is 24.0 Å². The van der Waals surface area contributed by atoms with Crippen LogP contribution in [-0.2, 0) is 24.0 Å². The van der Waals surface area contributed by atoms with Gasteiger partial charge in [0.2, 0.25) is 6.29 Å². The largest absolute Gasteiger partial charge is 0.457 e. The van der Waals surface area contributed by atoms with Crippen molar-refractivity contribution in [1.29, 1.82) is 0 Å². The van der Waals surface area contributed by atoms with Gasteiger partial charge in [-0.3, -0.25) is 0 Å². The Morgan fingerprint density at radius 1 is 1.44 bits per heavy atom. The van der Waals surface area contributed by atoms with Crippen LogP contribution in [0.4, 0.5) is 0 Å². The molecule has 0 aliphatic rings. The highest BCUT2D eigenvalue weighted by atomic mass is 17.2. The van der Waals surface area contributed by atoms with Crippen molar-refractivity contribution in [2.24, 2.45) is 0 Å². The van der Waals surface area contributed by atoms with Gasteiger partial charge in [0.25, 0.3) is 0 Å². The SMILES string of the molecule is C=CC(=O)OCC(OCC)OOC(C)(C)C. The summed E-state index contributed by atoms with van der Waals surface area (Å²) in [6.07, 6.45) is 0.348. The molecule has 0 saturated heterocycles. The molecule has 5 heteroatoms. The van der Waals surface area contributed by atoms with Crippen molar-refractivity contribution in [3.8, 4) is 0 Å². The van der Waals surface area contributed by atoms with E-state index in [4.69, 9.17) is 19.2 Å². The molecule has 0 aromatic carbocycles. The number of ether oxygens (including phenoxy) is 2. The first kappa shape index (κ1) is 15.1. The molecule has 16 heavy (non-hydrogen) atoms. The zero-order valence-corrected chi connectivity index (χ0v) is 10.3. The lowest BCUT2D eigenvalue weighted by atomic mass is 10.2. The van der Waals surface area contributed by atoms with E-state index in [1.807, 2.05) is 27.7 Å². The summed E-state index contributed by atoms with van der Waals surface area (Å²) >= 11 is 0. The molecule has 0 heterocycles. The zero-order valence-electron chi connectivity index (χ0n) is 10.3. The van der Waals surface area contributed by atoms with Crippen LogP contribution in [0.2, 0.25) is 0 Å². The second-order valence-corrected chi connectivity index (χ2v) is 4.01. The summed E-state index contributed by atoms with van der Waals surface area (Å²) in [6, 6.07) is 0. The number of carbonyl (C=O) groups is 1. The van der Waals surface area contributed by atoms with Crippen molar-refractivity contribution in [3.63, 3.8) is 0 Å². The van der Waals surface area contributed by atoms with Gasteiger partial charge in [0.05, 0.1) is 5.60 Å². The van der Waals surface area contributed by atoms with E-state index in [2.05, 4.69) is 6.58 Å². The topological polar surface area (TPSA) is 54.0 Å². The van der Waals surface area contributed by atoms with Gasteiger partial charge in [0, 0.05) is 12.7 Å². The van der Waals surface area contributed by atoms with E-state index in [1.54, 1.807) is 0 Å². The van der Waals surface area contributed by atoms with E-state index in [0.717, 1.165) is 6.08 Å². The van der Waals surface area contributed by atoms with Crippen LogP contribution >= 0.6 is 0 Å². The van der Waals surface area contributed by atoms with Gasteiger partial charge in [-0.15, -0.1) is 0 Å². The number of hydrogen-bond acceptors (Lipinski definition) is 5. The molecule has 0 N–H and O–H groups in total. The third-order valence-electron chi connectivity index (χ3n) is 1.29. The lowest BCUT2D eigenvalue weighted by Crippen LogP contribution is -2.30. The average Bonchev–Trinajstić information content (AvgIpc) is 2.20. The molecule has 1 atom stereocenters. The van der Waals surface area contributed by atoms with Crippen LogP contribution in [0.3, 0.4) is 0 Å². The Morgan fingerprint density at radius 3 is 2.50 bits per heavy atom. The van der Waals surface area contributed by atoms with Crippen molar-refractivity contribution in [2.45, 2.75) is 39.6 Å². The van der Waals surface area contributed by atoms with E-state index in [-0.39, 0.29) is 6.61 Å². The fourth-order valence-electron chi connectivity index (χ4n) is 0.697. The van der Waals surface area contributed by atoms with Crippen molar-refractivity contribution in [1.82, 2.24) is 0 Å². The molecule has 0 aromatic rings. The zero-order chi connectivity index (χ0) is 12.6. The van der Waals surface area contributed by atoms with Gasteiger partial charge < -0.3 is 9.47 Å². The molecule has 0 saturated carbocycles. The number of hydrogen-bond donors (Lipinski definition) is 0. The first-order valence-corrected chi connectivity index (χ1v) is 5.14. The molecule has 0 amide bonds. The van der Waals surface area contributed by atoms with E-state index in [1.165, 1.54) is 0 Å². The van der Waals surface area contributed by atoms with Gasteiger partial charge in [-0.2, -0.15) is 0 Å². The smallest absolute Gasteiger partial charge is 0.330 e. The standard InChI is InChI=1S/C11H20O5/c1-6-9(12)14-8-10(13-7-2)15-16-11(3,4)5/h6,10H,1,7-8H2,2-5H3. The molecule has 1 unspecified atom stereocenters. The fraction of sp³-hybridized carbons (Fsp3) is 0.727. The van der Waals surface area contributed by atoms with Gasteiger partial charge in [-0.05, 0) is 27.7 Å². The second kappa shape index (κ2) is 7.38. The maximum absolute atomic E-state index is 10.8. The highest BCUT2D eigenvalue weighted by molar-refractivity contribution is 5.81. The van der Waals surface area contributed by atoms with Crippen molar-refractivity contribution in [2.75, 3.05) is 13.2 Å². The summed E-state index contributed by atoms with van der Waals surface area (Å²) in [5, 5.41) is 0. The minimum absolute atomic E-state index is 0.0330. The Balaban J connectivity index is 3.97. The lowest BCUT2D eigenvalue weighted by Gasteiger charge is -2.22. The molecule has 0 spiro atoms. The maximum atomic E-state index is 10.8. The molecule has 0 fully saturated rings. The molecular weight excluding hydrogens is 212 g/mol. The van der Waals surface area contributed by atoms with E-state index in [9.17, 15) is 4.79 Å². The molecule has 0 rings (SSSR count). The van der Waals surface area contributed by atoms with E-state index in [0.29, 0.717) is 6.61 Å². The van der Waals surface area contributed by atoms with Crippen LogP contribution in [-0.4, -0.2) is 31.1 Å². The number of carbonyl (C=O) groups excluding carboxylic acids is 1. The number of rotatable bonds is 7. The van der Waals surface area contributed by atoms with Crippen molar-refractivity contribution in [3.05, 3.63) is 12.7 Å². The van der Waals surface area contributed by atoms with Crippen LogP contribution in [0, 0.1) is 0 Å². The van der Waals surface area contributed by atoms with E-state index >= 15 is 0 Å². The van der Waals surface area contributed by atoms with Crippen LogP contribution in [0.25, 0.3) is 0 Å². The molecule has 94 valence electrons. The molecule has 0 aliphatic carbocycles. The third-order valence-corrected chi connectivity index (χ3v) is 1.29. The van der Waals surface area contributed by atoms with Crippen LogP contribution in [0.1, 0.15) is 27.7 Å². The summed E-state index contributed by atoms with van der Waals surface area (Å²) in [5.41, 5.74) is -0.447. The molecule has 0 radical (unpaired) electrons. The molecule has 0 aromatic heterocycles. The minimum Gasteiger partial charge on any atom is -0.457 e. The summed E-state index contributed by atoms with van der Waals surface area (Å²) in [6.45, 7) is 11.0. The van der Waals surface area contributed by atoms with Crippen LogP contribution in [0.5, 0.6) is 0 Å². The van der Waals surface area contributed by atoms with Crippen LogP contribution in [0.15, 0.2) is 12.7 Å². The Bertz CT molecular complexity index is 219. The second-order valence-electron chi connectivity index (χ2n) is 4.01. The molecule has 5 nitrogen and oxygen atoms in total. The van der Waals surface area contributed by atoms with Gasteiger partial charge in [0.1, 0.15) is 6.61 Å². The summed E-state index contributed by atoms with van der Waals surface area (Å²) < 4.78 is 9.96. The van der Waals surface area contributed by atoms with Crippen LogP contribution < -0.4 is 0 Å². The first-order chi connectivity index (χ1) is 7.39. The summed E-state index contributed by atoms with van der Waals surface area (Å²) in [7, 11) is 0. The normalized spacial score (nSPS) is 13.2. The number of esters is 1. The minimum atomic E-state index is -0.729. The first-order valence-electron chi connectivity index (χ1n) is 5.14. The summed E-state index contributed by atoms with van der Waals surface area (Å²) in [4.78, 5) is 20.9. The Morgan fingerprint density at radius 2 is 2.06 bits per heavy atom. The van der Waals surface area contributed by atoms with Crippen molar-refractivity contribution >= 4 is 5.97 Å². The Hall–Kier alpha value is -0.910. The third kappa shape index (κ3) is 8.40. The average molecular weight is 232 g/mol. The molecule has 0 aliphatic heterocycles. The van der Waals surface area contributed by atoms with Gasteiger partial charge >= 0.3 is 5.97 Å². The predicted molar refractivity (Wildman–Crippen MR) is 58.5 cm³/mol. The molecule has 0 bridgehead atoms. The Kier molecular flexibility index (Phi) is 6.96. The van der Waals surface area contributed by atoms with Gasteiger partial charge in [-0.1, -0.05) is 6.58 Å².